The number of nitrogens with two attached hydrogens (primary N) is 1. The molecule has 0 bridgehead atoms. The molecule has 0 spiro atoms. The van der Waals surface area contributed by atoms with E-state index in [0.717, 1.165) is 6.34 Å². The van der Waals surface area contributed by atoms with E-state index in [1.54, 1.807) is 18.3 Å². The van der Waals surface area contributed by atoms with E-state index in [1.165, 1.54) is 4.57 Å². The van der Waals surface area contributed by atoms with Gasteiger partial charge in [0.25, 0.3) is 0 Å². The van der Waals surface area contributed by atoms with E-state index in [9.17, 15) is 0 Å². The summed E-state index contributed by atoms with van der Waals surface area (Å²) < 4.78 is 1.53. The lowest BCUT2D eigenvalue weighted by atomic mass is 10.6. The summed E-state index contributed by atoms with van der Waals surface area (Å²) in [7, 11) is 0. The molecule has 0 radical (unpaired) electrons. The molecular weight excluding hydrogens is 102 g/mol. The molecule has 0 unspecified atom stereocenters. The minimum absolute atomic E-state index is 0.597. The number of aromatic nitrogens is 1. The summed E-state index contributed by atoms with van der Waals surface area (Å²) in [5.74, 6) is 0.597. The molecule has 8 heavy (non-hydrogen) atoms. The maximum atomic E-state index is 6.76. The van der Waals surface area contributed by atoms with Crippen LogP contribution < -0.4 is 5.73 Å². The van der Waals surface area contributed by atoms with Crippen molar-refractivity contribution in [3.05, 3.63) is 18.3 Å². The van der Waals surface area contributed by atoms with Crippen molar-refractivity contribution in [1.29, 1.82) is 5.41 Å². The molecule has 1 aromatic rings. The van der Waals surface area contributed by atoms with Crippen LogP contribution in [0.5, 0.6) is 0 Å². The van der Waals surface area contributed by atoms with Crippen molar-refractivity contribution in [3.63, 3.8) is 0 Å². The highest BCUT2D eigenvalue weighted by Gasteiger charge is 1.86. The van der Waals surface area contributed by atoms with E-state index in [-0.39, 0.29) is 0 Å². The molecule has 1 aromatic heterocycles. The average Bonchev–Trinajstić information content (AvgIpc) is 2.14. The average molecular weight is 109 g/mol. The molecule has 3 N–H and O–H groups in total. The predicted octanol–water partition coefficient (Wildman–Crippen LogP) is 0.525. The fourth-order valence-corrected chi connectivity index (χ4v) is 0.524. The Kier molecular flexibility index (Phi) is 1.04. The monoisotopic (exact) mass is 109 g/mol. The van der Waals surface area contributed by atoms with Crippen LogP contribution in [0.25, 0.3) is 0 Å². The maximum absolute atomic E-state index is 6.76. The third-order valence-electron chi connectivity index (χ3n) is 0.951. The summed E-state index contributed by atoms with van der Waals surface area (Å²) >= 11 is 0. The van der Waals surface area contributed by atoms with Crippen LogP contribution in [-0.4, -0.2) is 10.9 Å². The van der Waals surface area contributed by atoms with Crippen LogP contribution in [0.2, 0.25) is 0 Å². The topological polar surface area (TPSA) is 54.8 Å². The molecule has 3 heteroatoms. The SMILES string of the molecule is N=Cn1cccc1N. The third-order valence-corrected chi connectivity index (χ3v) is 0.951. The van der Waals surface area contributed by atoms with Crippen LogP contribution in [-0.2, 0) is 0 Å². The first-order valence-electron chi connectivity index (χ1n) is 2.27. The van der Waals surface area contributed by atoms with Gasteiger partial charge in [-0.25, -0.2) is 0 Å². The number of nitrogen functional groups attached to an aromatic ring is 1. The lowest BCUT2D eigenvalue weighted by molar-refractivity contribution is 1.19. The minimum Gasteiger partial charge on any atom is -0.385 e. The molecule has 0 aliphatic rings. The Morgan fingerprint density at radius 3 is 2.75 bits per heavy atom. The summed E-state index contributed by atoms with van der Waals surface area (Å²) in [5.41, 5.74) is 5.36. The van der Waals surface area contributed by atoms with Gasteiger partial charge in [0, 0.05) is 6.20 Å². The minimum atomic E-state index is 0.597. The second-order valence-corrected chi connectivity index (χ2v) is 1.47. The van der Waals surface area contributed by atoms with Gasteiger partial charge in [-0.1, -0.05) is 0 Å². The first-order valence-corrected chi connectivity index (χ1v) is 2.27. The van der Waals surface area contributed by atoms with Gasteiger partial charge in [-0.05, 0) is 12.1 Å². The number of rotatable bonds is 1. The first kappa shape index (κ1) is 4.90. The van der Waals surface area contributed by atoms with E-state index < -0.39 is 0 Å². The second kappa shape index (κ2) is 1.69. The molecule has 0 saturated carbocycles. The third kappa shape index (κ3) is 0.578. The molecule has 1 heterocycles. The molecule has 0 saturated heterocycles. The summed E-state index contributed by atoms with van der Waals surface area (Å²) in [5, 5.41) is 6.76. The van der Waals surface area contributed by atoms with E-state index >= 15 is 0 Å². The summed E-state index contributed by atoms with van der Waals surface area (Å²) in [6.07, 6.45) is 2.89. The number of anilines is 1. The number of hydrogen-bond donors (Lipinski definition) is 2. The van der Waals surface area contributed by atoms with Gasteiger partial charge in [0.1, 0.15) is 5.82 Å². The Morgan fingerprint density at radius 2 is 2.50 bits per heavy atom. The van der Waals surface area contributed by atoms with E-state index in [1.807, 2.05) is 0 Å². The molecule has 0 amide bonds. The molecule has 0 fully saturated rings. The highest BCUT2D eigenvalue weighted by Crippen LogP contribution is 1.97. The van der Waals surface area contributed by atoms with Crippen molar-refractivity contribution in [2.75, 3.05) is 5.73 Å². The van der Waals surface area contributed by atoms with Crippen LogP contribution in [0, 0.1) is 5.41 Å². The van der Waals surface area contributed by atoms with Crippen molar-refractivity contribution in [1.82, 2.24) is 4.57 Å². The van der Waals surface area contributed by atoms with Crippen LogP contribution in [0.3, 0.4) is 0 Å². The van der Waals surface area contributed by atoms with Crippen LogP contribution >= 0.6 is 0 Å². The lowest BCUT2D eigenvalue weighted by Crippen LogP contribution is -1.97. The van der Waals surface area contributed by atoms with Gasteiger partial charge in [-0.2, -0.15) is 0 Å². The summed E-state index contributed by atoms with van der Waals surface area (Å²) in [6.45, 7) is 0. The number of nitrogens with one attached hydrogen (secondary N) is 1. The largest absolute Gasteiger partial charge is 0.385 e. The predicted molar refractivity (Wildman–Crippen MR) is 33.0 cm³/mol. The van der Waals surface area contributed by atoms with Crippen LogP contribution in [0.4, 0.5) is 5.82 Å². The Morgan fingerprint density at radius 1 is 1.75 bits per heavy atom. The Hall–Kier alpha value is -1.25. The second-order valence-electron chi connectivity index (χ2n) is 1.47. The molecule has 0 atom stereocenters. The zero-order valence-corrected chi connectivity index (χ0v) is 4.33. The van der Waals surface area contributed by atoms with Crippen molar-refractivity contribution >= 4 is 12.2 Å². The number of hydrogen-bond acceptors (Lipinski definition) is 2. The first-order chi connectivity index (χ1) is 3.84. The summed E-state index contributed by atoms with van der Waals surface area (Å²) in [6, 6.07) is 3.53. The van der Waals surface area contributed by atoms with E-state index in [4.69, 9.17) is 11.1 Å². The van der Waals surface area contributed by atoms with Crippen molar-refractivity contribution in [2.24, 2.45) is 0 Å². The van der Waals surface area contributed by atoms with Crippen molar-refractivity contribution < 1.29 is 0 Å². The fourth-order valence-electron chi connectivity index (χ4n) is 0.524. The Balaban J connectivity index is 3.09. The van der Waals surface area contributed by atoms with Gasteiger partial charge in [0.05, 0.1) is 6.34 Å². The number of nitrogens with zero attached hydrogens (tertiary/aromatic N) is 1. The maximum Gasteiger partial charge on any atom is 0.108 e. The molecule has 0 aliphatic heterocycles. The van der Waals surface area contributed by atoms with Crippen LogP contribution in [0.15, 0.2) is 18.3 Å². The molecule has 42 valence electrons. The Labute approximate surface area is 47.2 Å². The molecular formula is C5H7N3. The smallest absolute Gasteiger partial charge is 0.108 e. The zero-order chi connectivity index (χ0) is 5.98. The quantitative estimate of drug-likeness (QED) is 0.401. The molecule has 0 aromatic carbocycles. The highest BCUT2D eigenvalue weighted by molar-refractivity contribution is 5.61. The lowest BCUT2D eigenvalue weighted by Gasteiger charge is -1.90. The van der Waals surface area contributed by atoms with Crippen molar-refractivity contribution in [3.8, 4) is 0 Å². The fraction of sp³-hybridized carbons (Fsp3) is 0. The van der Waals surface area contributed by atoms with Gasteiger partial charge in [0.15, 0.2) is 0 Å². The zero-order valence-electron chi connectivity index (χ0n) is 4.33. The Bertz CT molecular complexity index is 189. The van der Waals surface area contributed by atoms with Gasteiger partial charge < -0.3 is 5.73 Å². The van der Waals surface area contributed by atoms with E-state index in [2.05, 4.69) is 0 Å². The standard InChI is InChI=1S/C5H7N3/c6-4-8-3-1-2-5(8)7/h1-4,6H,7H2. The molecule has 3 nitrogen and oxygen atoms in total. The van der Waals surface area contributed by atoms with E-state index in [0.29, 0.717) is 5.82 Å². The summed E-state index contributed by atoms with van der Waals surface area (Å²) in [4.78, 5) is 0. The van der Waals surface area contributed by atoms with Crippen LogP contribution in [0.1, 0.15) is 0 Å². The van der Waals surface area contributed by atoms with Gasteiger partial charge in [-0.15, -0.1) is 0 Å². The molecule has 1 rings (SSSR count). The molecule has 0 aliphatic carbocycles. The van der Waals surface area contributed by atoms with Gasteiger partial charge in [0.2, 0.25) is 0 Å². The highest BCUT2D eigenvalue weighted by atomic mass is 15.0. The normalized spacial score (nSPS) is 9.00. The van der Waals surface area contributed by atoms with Crippen molar-refractivity contribution in [2.45, 2.75) is 0 Å². The van der Waals surface area contributed by atoms with Gasteiger partial charge in [-0.3, -0.25) is 9.98 Å². The van der Waals surface area contributed by atoms with Gasteiger partial charge >= 0.3 is 0 Å².